The number of carbonyl (C=O) groups excluding carboxylic acids is 2. The lowest BCUT2D eigenvalue weighted by Gasteiger charge is -2.05. The molecule has 0 aliphatic carbocycles. The molecule has 0 saturated carbocycles. The molecule has 0 fully saturated rings. The Kier molecular flexibility index (Phi) is 5.12. The minimum absolute atomic E-state index is 0.157. The third-order valence-electron chi connectivity index (χ3n) is 3.65. The number of furan rings is 1. The fraction of sp³-hybridized carbons (Fsp3) is 0.222. The molecule has 0 saturated heterocycles. The van der Waals surface area contributed by atoms with E-state index >= 15 is 0 Å². The molecule has 3 rings (SSSR count). The zero-order valence-electron chi connectivity index (χ0n) is 14.5. The largest absolute Gasteiger partial charge is 0.466 e. The van der Waals surface area contributed by atoms with E-state index < -0.39 is 0 Å². The topological polar surface area (TPSA) is 102 Å². The molecule has 3 aromatic rings. The summed E-state index contributed by atoms with van der Waals surface area (Å²) in [5.41, 5.74) is 1.29. The summed E-state index contributed by atoms with van der Waals surface area (Å²) in [6.07, 6.45) is 3.47. The lowest BCUT2D eigenvalue weighted by Crippen LogP contribution is -2.33. The molecule has 0 radical (unpaired) electrons. The third-order valence-corrected chi connectivity index (χ3v) is 3.65. The number of anilines is 1. The van der Waals surface area contributed by atoms with Crippen LogP contribution in [-0.4, -0.2) is 33.1 Å². The number of hydrogen-bond acceptors (Lipinski definition) is 5. The molecule has 0 aromatic carbocycles. The van der Waals surface area contributed by atoms with Crippen molar-refractivity contribution in [3.8, 4) is 0 Å². The number of aromatic nitrogens is 3. The molecule has 8 nitrogen and oxygen atoms in total. The van der Waals surface area contributed by atoms with Crippen LogP contribution < -0.4 is 10.6 Å². The first kappa shape index (κ1) is 17.4. The van der Waals surface area contributed by atoms with E-state index in [4.69, 9.17) is 4.42 Å². The van der Waals surface area contributed by atoms with Crippen LogP contribution in [0.5, 0.6) is 0 Å². The smallest absolute Gasteiger partial charge is 0.255 e. The van der Waals surface area contributed by atoms with Crippen molar-refractivity contribution in [2.45, 2.75) is 20.4 Å². The highest BCUT2D eigenvalue weighted by Gasteiger charge is 2.14. The van der Waals surface area contributed by atoms with Crippen LogP contribution in [-0.2, 0) is 11.3 Å². The summed E-state index contributed by atoms with van der Waals surface area (Å²) in [6.45, 7) is 3.82. The minimum atomic E-state index is -0.362. The van der Waals surface area contributed by atoms with Crippen LogP contribution in [0.4, 0.5) is 5.82 Å². The number of amides is 2. The third kappa shape index (κ3) is 4.35. The first-order chi connectivity index (χ1) is 12.5. The summed E-state index contributed by atoms with van der Waals surface area (Å²) >= 11 is 0. The summed E-state index contributed by atoms with van der Waals surface area (Å²) < 4.78 is 6.99. The predicted octanol–water partition coefficient (Wildman–Crippen LogP) is 1.90. The summed E-state index contributed by atoms with van der Waals surface area (Å²) in [5.74, 6) is 0.870. The van der Waals surface area contributed by atoms with Crippen molar-refractivity contribution in [2.75, 3.05) is 11.9 Å². The van der Waals surface area contributed by atoms with E-state index in [1.807, 2.05) is 18.2 Å². The number of pyridine rings is 1. The number of carbonyl (C=O) groups is 2. The lowest BCUT2D eigenvalue weighted by molar-refractivity contribution is -0.115. The molecule has 3 aromatic heterocycles. The first-order valence-electron chi connectivity index (χ1n) is 8.10. The van der Waals surface area contributed by atoms with Gasteiger partial charge in [0.25, 0.3) is 5.91 Å². The highest BCUT2D eigenvalue weighted by Crippen LogP contribution is 2.13. The standard InChI is InChI=1S/C18H19N5O3/c1-12-9-15(13(2)26-12)18(25)20-10-17(24)21-16-6-8-23(22-16)11-14-5-3-4-7-19-14/h3-9H,10-11H2,1-2H3,(H,20,25)(H,21,22,24). The van der Waals surface area contributed by atoms with Crippen LogP contribution in [0.1, 0.15) is 27.6 Å². The Balaban J connectivity index is 1.51. The summed E-state index contributed by atoms with van der Waals surface area (Å²) in [7, 11) is 0. The van der Waals surface area contributed by atoms with Gasteiger partial charge >= 0.3 is 0 Å². The maximum atomic E-state index is 12.1. The summed E-state index contributed by atoms with van der Waals surface area (Å²) in [6, 6.07) is 8.97. The second kappa shape index (κ2) is 7.64. The molecule has 0 bridgehead atoms. The number of rotatable bonds is 6. The zero-order valence-corrected chi connectivity index (χ0v) is 14.5. The van der Waals surface area contributed by atoms with Gasteiger partial charge in [-0.05, 0) is 32.0 Å². The Morgan fingerprint density at radius 1 is 1.23 bits per heavy atom. The molecule has 3 heterocycles. The second-order valence-corrected chi connectivity index (χ2v) is 5.78. The van der Waals surface area contributed by atoms with Crippen LogP contribution in [0, 0.1) is 13.8 Å². The van der Waals surface area contributed by atoms with Gasteiger partial charge in [-0.3, -0.25) is 19.3 Å². The van der Waals surface area contributed by atoms with Crippen molar-refractivity contribution < 1.29 is 14.0 Å². The zero-order chi connectivity index (χ0) is 18.5. The van der Waals surface area contributed by atoms with Crippen LogP contribution in [0.3, 0.4) is 0 Å². The SMILES string of the molecule is Cc1cc(C(=O)NCC(=O)Nc2ccn(Cc3ccccn3)n2)c(C)o1. The fourth-order valence-corrected chi connectivity index (χ4v) is 2.47. The van der Waals surface area contributed by atoms with Gasteiger partial charge in [0.1, 0.15) is 11.5 Å². The van der Waals surface area contributed by atoms with Gasteiger partial charge in [0, 0.05) is 18.5 Å². The van der Waals surface area contributed by atoms with Crippen molar-refractivity contribution >= 4 is 17.6 Å². The molecule has 0 spiro atoms. The Labute approximate surface area is 150 Å². The number of aryl methyl sites for hydroxylation is 2. The van der Waals surface area contributed by atoms with Crippen molar-refractivity contribution in [1.82, 2.24) is 20.1 Å². The highest BCUT2D eigenvalue weighted by atomic mass is 16.3. The summed E-state index contributed by atoms with van der Waals surface area (Å²) in [5, 5.41) is 9.47. The quantitative estimate of drug-likeness (QED) is 0.705. The molecule has 134 valence electrons. The summed E-state index contributed by atoms with van der Waals surface area (Å²) in [4.78, 5) is 28.3. The van der Waals surface area contributed by atoms with E-state index in [0.717, 1.165) is 5.69 Å². The van der Waals surface area contributed by atoms with Crippen molar-refractivity contribution in [2.24, 2.45) is 0 Å². The van der Waals surface area contributed by atoms with Crippen molar-refractivity contribution in [3.05, 3.63) is 65.5 Å². The predicted molar refractivity (Wildman–Crippen MR) is 94.7 cm³/mol. The Morgan fingerprint density at radius 3 is 2.77 bits per heavy atom. The Bertz CT molecular complexity index is 914. The minimum Gasteiger partial charge on any atom is -0.466 e. The highest BCUT2D eigenvalue weighted by molar-refractivity contribution is 5.99. The number of nitrogens with zero attached hydrogens (tertiary/aromatic N) is 3. The molecule has 0 aliphatic heterocycles. The van der Waals surface area contributed by atoms with E-state index in [1.165, 1.54) is 0 Å². The molecule has 2 amide bonds. The van der Waals surface area contributed by atoms with Gasteiger partial charge in [-0.1, -0.05) is 6.07 Å². The van der Waals surface area contributed by atoms with Gasteiger partial charge < -0.3 is 15.1 Å². The number of hydrogen-bond donors (Lipinski definition) is 2. The average molecular weight is 353 g/mol. The maximum Gasteiger partial charge on any atom is 0.255 e. The van der Waals surface area contributed by atoms with Crippen molar-refractivity contribution in [3.63, 3.8) is 0 Å². The van der Waals surface area contributed by atoms with Gasteiger partial charge in [-0.15, -0.1) is 0 Å². The van der Waals surface area contributed by atoms with Crippen LogP contribution in [0.2, 0.25) is 0 Å². The van der Waals surface area contributed by atoms with Gasteiger partial charge in [0.2, 0.25) is 5.91 Å². The van der Waals surface area contributed by atoms with Crippen LogP contribution in [0.15, 0.2) is 47.1 Å². The Hall–Kier alpha value is -3.42. The Morgan fingerprint density at radius 2 is 2.08 bits per heavy atom. The van der Waals surface area contributed by atoms with E-state index in [1.54, 1.807) is 43.1 Å². The fourth-order valence-electron chi connectivity index (χ4n) is 2.47. The molecule has 26 heavy (non-hydrogen) atoms. The average Bonchev–Trinajstić information content (AvgIpc) is 3.19. The van der Waals surface area contributed by atoms with Gasteiger partial charge in [-0.2, -0.15) is 5.10 Å². The van der Waals surface area contributed by atoms with Crippen LogP contribution >= 0.6 is 0 Å². The lowest BCUT2D eigenvalue weighted by atomic mass is 10.2. The molecular formula is C18H19N5O3. The number of nitrogens with one attached hydrogen (secondary N) is 2. The molecule has 0 aliphatic rings. The van der Waals surface area contributed by atoms with E-state index in [9.17, 15) is 9.59 Å². The van der Waals surface area contributed by atoms with Crippen LogP contribution in [0.25, 0.3) is 0 Å². The van der Waals surface area contributed by atoms with Crippen molar-refractivity contribution in [1.29, 1.82) is 0 Å². The molecule has 0 atom stereocenters. The van der Waals surface area contributed by atoms with E-state index in [2.05, 4.69) is 20.7 Å². The maximum absolute atomic E-state index is 12.1. The monoisotopic (exact) mass is 353 g/mol. The first-order valence-corrected chi connectivity index (χ1v) is 8.10. The molecule has 0 unspecified atom stereocenters. The van der Waals surface area contributed by atoms with Gasteiger partial charge in [-0.25, -0.2) is 0 Å². The van der Waals surface area contributed by atoms with E-state index in [-0.39, 0.29) is 18.4 Å². The van der Waals surface area contributed by atoms with Gasteiger partial charge in [0.15, 0.2) is 5.82 Å². The van der Waals surface area contributed by atoms with E-state index in [0.29, 0.717) is 29.4 Å². The van der Waals surface area contributed by atoms with Gasteiger partial charge in [0.05, 0.1) is 24.3 Å². The molecule has 8 heteroatoms. The molecular weight excluding hydrogens is 334 g/mol. The second-order valence-electron chi connectivity index (χ2n) is 5.78. The normalized spacial score (nSPS) is 10.5. The molecule has 2 N–H and O–H groups in total.